The molecule has 1 unspecified atom stereocenters. The van der Waals surface area contributed by atoms with Crippen LogP contribution in [0.3, 0.4) is 0 Å². The molecule has 138 valence electrons. The first kappa shape index (κ1) is 17.7. The summed E-state index contributed by atoms with van der Waals surface area (Å²) in [5.41, 5.74) is 3.69. The number of morpholine rings is 1. The predicted octanol–water partition coefficient (Wildman–Crippen LogP) is 3.78. The van der Waals surface area contributed by atoms with Crippen LogP contribution in [0, 0.1) is 0 Å². The maximum Gasteiger partial charge on any atom is 0.261 e. The molecule has 0 radical (unpaired) electrons. The molecule has 4 nitrogen and oxygen atoms in total. The van der Waals surface area contributed by atoms with Crippen LogP contribution < -0.4 is 5.32 Å². The van der Waals surface area contributed by atoms with Gasteiger partial charge < -0.3 is 10.1 Å². The largest absolute Gasteiger partial charge is 0.376 e. The molecule has 1 aromatic heterocycles. The summed E-state index contributed by atoms with van der Waals surface area (Å²) in [5.74, 6) is 0.676. The third-order valence-electron chi connectivity index (χ3n) is 5.09. The minimum absolute atomic E-state index is 0.0642. The molecule has 0 bridgehead atoms. The van der Waals surface area contributed by atoms with Crippen molar-refractivity contribution in [1.29, 1.82) is 0 Å². The molecule has 2 aliphatic rings. The molecule has 1 N–H and O–H groups in total. The second kappa shape index (κ2) is 7.91. The van der Waals surface area contributed by atoms with Gasteiger partial charge in [0.05, 0.1) is 17.6 Å². The van der Waals surface area contributed by atoms with Crippen molar-refractivity contribution in [3.8, 4) is 0 Å². The average Bonchev–Trinajstić information content (AvgIpc) is 3.36. The lowest BCUT2D eigenvalue weighted by atomic mass is 10.1. The summed E-state index contributed by atoms with van der Waals surface area (Å²) in [6.07, 6.45) is 2.75. The van der Waals surface area contributed by atoms with E-state index in [1.807, 2.05) is 5.38 Å². The Kier molecular flexibility index (Phi) is 5.38. The van der Waals surface area contributed by atoms with Crippen molar-refractivity contribution in [2.75, 3.05) is 19.7 Å². The normalized spacial score (nSPS) is 20.9. The molecule has 1 amide bonds. The molecule has 1 aromatic carbocycles. The van der Waals surface area contributed by atoms with E-state index in [9.17, 15) is 4.79 Å². The van der Waals surface area contributed by atoms with Crippen LogP contribution >= 0.6 is 11.3 Å². The van der Waals surface area contributed by atoms with Crippen LogP contribution in [-0.4, -0.2) is 36.6 Å². The fourth-order valence-corrected chi connectivity index (χ4v) is 4.51. The zero-order valence-electron chi connectivity index (χ0n) is 15.2. The smallest absolute Gasteiger partial charge is 0.261 e. The minimum atomic E-state index is 0.0642. The van der Waals surface area contributed by atoms with E-state index in [-0.39, 0.29) is 5.91 Å². The Balaban J connectivity index is 1.34. The molecule has 2 aromatic rings. The van der Waals surface area contributed by atoms with Gasteiger partial charge in [0.1, 0.15) is 0 Å². The van der Waals surface area contributed by atoms with Gasteiger partial charge in [-0.1, -0.05) is 24.3 Å². The van der Waals surface area contributed by atoms with Crippen molar-refractivity contribution in [3.05, 3.63) is 57.3 Å². The SMILES string of the molecule is CC1CN(Cc2cccc(CNC(=O)c3sccc3C3CC3)c2)CCO1. The van der Waals surface area contributed by atoms with Crippen LogP contribution in [0.1, 0.15) is 52.0 Å². The Morgan fingerprint density at radius 2 is 2.15 bits per heavy atom. The monoisotopic (exact) mass is 370 g/mol. The van der Waals surface area contributed by atoms with E-state index < -0.39 is 0 Å². The molecule has 1 aliphatic heterocycles. The Labute approximate surface area is 159 Å². The van der Waals surface area contributed by atoms with Crippen molar-refractivity contribution in [3.63, 3.8) is 0 Å². The molecular weight excluding hydrogens is 344 g/mol. The summed E-state index contributed by atoms with van der Waals surface area (Å²) in [7, 11) is 0. The molecule has 4 rings (SSSR count). The van der Waals surface area contributed by atoms with Crippen LogP contribution in [0.2, 0.25) is 0 Å². The number of nitrogens with zero attached hydrogens (tertiary/aromatic N) is 1. The molecule has 1 saturated heterocycles. The van der Waals surface area contributed by atoms with Crippen molar-refractivity contribution >= 4 is 17.2 Å². The van der Waals surface area contributed by atoms with E-state index in [2.05, 4.69) is 47.5 Å². The highest BCUT2D eigenvalue weighted by Crippen LogP contribution is 2.43. The second-order valence-electron chi connectivity index (χ2n) is 7.40. The molecule has 1 saturated carbocycles. The lowest BCUT2D eigenvalue weighted by Crippen LogP contribution is -2.40. The number of hydrogen-bond donors (Lipinski definition) is 1. The first-order valence-corrected chi connectivity index (χ1v) is 10.3. The van der Waals surface area contributed by atoms with Crippen LogP contribution in [-0.2, 0) is 17.8 Å². The van der Waals surface area contributed by atoms with Gasteiger partial charge in [0.2, 0.25) is 0 Å². The quantitative estimate of drug-likeness (QED) is 0.841. The van der Waals surface area contributed by atoms with Gasteiger partial charge in [-0.15, -0.1) is 11.3 Å². The summed E-state index contributed by atoms with van der Waals surface area (Å²) in [5, 5.41) is 5.13. The molecule has 2 fully saturated rings. The zero-order valence-corrected chi connectivity index (χ0v) is 16.1. The molecule has 1 aliphatic carbocycles. The highest BCUT2D eigenvalue weighted by molar-refractivity contribution is 7.12. The van der Waals surface area contributed by atoms with Gasteiger partial charge in [0, 0.05) is 26.2 Å². The number of rotatable bonds is 6. The van der Waals surface area contributed by atoms with Crippen molar-refractivity contribution in [1.82, 2.24) is 10.2 Å². The summed E-state index contributed by atoms with van der Waals surface area (Å²) < 4.78 is 5.61. The van der Waals surface area contributed by atoms with Gasteiger partial charge in [0.25, 0.3) is 5.91 Å². The standard InChI is InChI=1S/C21H26N2O2S/c1-15-13-23(8-9-25-15)14-17-4-2-3-16(11-17)12-22-21(24)20-19(7-10-26-20)18-5-6-18/h2-4,7,10-11,15,18H,5-6,8-9,12-14H2,1H3,(H,22,24). The summed E-state index contributed by atoms with van der Waals surface area (Å²) in [4.78, 5) is 15.9. The van der Waals surface area contributed by atoms with E-state index in [0.29, 0.717) is 18.6 Å². The molecule has 2 heterocycles. The third kappa shape index (κ3) is 4.34. The van der Waals surface area contributed by atoms with Crippen LogP contribution in [0.5, 0.6) is 0 Å². The lowest BCUT2D eigenvalue weighted by molar-refractivity contribution is -0.0212. The molecular formula is C21H26N2O2S. The Bertz CT molecular complexity index is 769. The maximum absolute atomic E-state index is 12.5. The van der Waals surface area contributed by atoms with Crippen molar-refractivity contribution in [2.24, 2.45) is 0 Å². The Morgan fingerprint density at radius 1 is 1.31 bits per heavy atom. The van der Waals surface area contributed by atoms with E-state index in [0.717, 1.165) is 36.7 Å². The highest BCUT2D eigenvalue weighted by atomic mass is 32.1. The number of ether oxygens (including phenoxy) is 1. The molecule has 0 spiro atoms. The van der Waals surface area contributed by atoms with E-state index in [1.165, 1.54) is 24.0 Å². The third-order valence-corrected chi connectivity index (χ3v) is 6.02. The summed E-state index contributed by atoms with van der Waals surface area (Å²) in [6, 6.07) is 10.6. The van der Waals surface area contributed by atoms with Gasteiger partial charge in [-0.05, 0) is 53.8 Å². The highest BCUT2D eigenvalue weighted by Gasteiger charge is 2.28. The first-order chi connectivity index (χ1) is 12.7. The van der Waals surface area contributed by atoms with Gasteiger partial charge in [-0.3, -0.25) is 9.69 Å². The molecule has 5 heteroatoms. The number of carbonyl (C=O) groups is 1. The molecule has 26 heavy (non-hydrogen) atoms. The van der Waals surface area contributed by atoms with E-state index in [1.54, 1.807) is 11.3 Å². The zero-order chi connectivity index (χ0) is 17.9. The van der Waals surface area contributed by atoms with Gasteiger partial charge in [-0.25, -0.2) is 0 Å². The van der Waals surface area contributed by atoms with Crippen molar-refractivity contribution < 1.29 is 9.53 Å². The number of nitrogens with one attached hydrogen (secondary N) is 1. The summed E-state index contributed by atoms with van der Waals surface area (Å²) >= 11 is 1.56. The number of carbonyl (C=O) groups excluding carboxylic acids is 1. The topological polar surface area (TPSA) is 41.6 Å². The van der Waals surface area contributed by atoms with Gasteiger partial charge >= 0.3 is 0 Å². The number of benzene rings is 1. The Hall–Kier alpha value is -1.69. The van der Waals surface area contributed by atoms with Gasteiger partial charge in [-0.2, -0.15) is 0 Å². The first-order valence-electron chi connectivity index (χ1n) is 9.46. The number of amides is 1. The fraction of sp³-hybridized carbons (Fsp3) is 0.476. The van der Waals surface area contributed by atoms with E-state index >= 15 is 0 Å². The number of thiophene rings is 1. The van der Waals surface area contributed by atoms with Crippen molar-refractivity contribution in [2.45, 2.75) is 44.9 Å². The van der Waals surface area contributed by atoms with Crippen LogP contribution in [0.25, 0.3) is 0 Å². The van der Waals surface area contributed by atoms with Gasteiger partial charge in [0.15, 0.2) is 0 Å². The lowest BCUT2D eigenvalue weighted by Gasteiger charge is -2.31. The van der Waals surface area contributed by atoms with Crippen LogP contribution in [0.4, 0.5) is 0 Å². The molecule has 1 atom stereocenters. The predicted molar refractivity (Wildman–Crippen MR) is 105 cm³/mol. The minimum Gasteiger partial charge on any atom is -0.376 e. The Morgan fingerprint density at radius 3 is 2.96 bits per heavy atom. The fourth-order valence-electron chi connectivity index (χ4n) is 3.61. The van der Waals surface area contributed by atoms with E-state index in [4.69, 9.17) is 4.74 Å². The summed E-state index contributed by atoms with van der Waals surface area (Å²) in [6.45, 7) is 6.40. The van der Waals surface area contributed by atoms with Crippen LogP contribution in [0.15, 0.2) is 35.7 Å². The maximum atomic E-state index is 12.5. The second-order valence-corrected chi connectivity index (χ2v) is 8.31. The average molecular weight is 371 g/mol. The number of hydrogen-bond acceptors (Lipinski definition) is 4.